The lowest BCUT2D eigenvalue weighted by Gasteiger charge is -2.42. The number of alkyl halides is 3. The molecule has 3 aliphatic heterocycles. The zero-order valence-corrected chi connectivity index (χ0v) is 37.3. The number of aromatic nitrogens is 3. The number of methoxy groups -OCH3 is 1. The Kier molecular flexibility index (Phi) is 14.2. The van der Waals surface area contributed by atoms with Gasteiger partial charge in [-0.3, -0.25) is 14.4 Å². The molecule has 16 nitrogen and oxygen atoms in total. The van der Waals surface area contributed by atoms with Crippen LogP contribution in [0.1, 0.15) is 69.2 Å². The van der Waals surface area contributed by atoms with Gasteiger partial charge in [-0.2, -0.15) is 0 Å². The highest BCUT2D eigenvalue weighted by atomic mass is 19.4. The third-order valence-electron chi connectivity index (χ3n) is 12.4. The number of nitrogens with one attached hydrogen (secondary N) is 3. The van der Waals surface area contributed by atoms with Crippen LogP contribution in [0.4, 0.5) is 33.9 Å². The summed E-state index contributed by atoms with van der Waals surface area (Å²) in [6, 6.07) is 9.52. The molecule has 0 radical (unpaired) electrons. The Morgan fingerprint density at radius 2 is 1.68 bits per heavy atom. The quantitative estimate of drug-likeness (QED) is 0.113. The van der Waals surface area contributed by atoms with Gasteiger partial charge < -0.3 is 49.6 Å². The smallest absolute Gasteiger partial charge is 0.453 e. The Balaban J connectivity index is 1.05. The summed E-state index contributed by atoms with van der Waals surface area (Å²) >= 11 is 0. The maximum Gasteiger partial charge on any atom is 0.573 e. The molecule has 20 heteroatoms. The molecule has 3 fully saturated rings. The summed E-state index contributed by atoms with van der Waals surface area (Å²) in [5.74, 6) is -1.97. The number of carbonyl (C=O) groups is 4. The number of anilines is 2. The fraction of sp³-hybridized carbons (Fsp3) is 0.478. The molecule has 4 atom stereocenters. The Bertz CT molecular complexity index is 2390. The molecule has 3 saturated heterocycles. The number of rotatable bonds is 12. The molecule has 0 bridgehead atoms. The lowest BCUT2D eigenvalue weighted by atomic mass is 9.90. The highest BCUT2D eigenvalue weighted by molar-refractivity contribution is 6.04. The molecule has 354 valence electrons. The van der Waals surface area contributed by atoms with Gasteiger partial charge in [-0.05, 0) is 81.2 Å². The largest absolute Gasteiger partial charge is 0.573 e. The van der Waals surface area contributed by atoms with Gasteiger partial charge in [0.2, 0.25) is 11.8 Å². The Labute approximate surface area is 379 Å². The first-order valence-electron chi connectivity index (χ1n) is 21.8. The molecular weight excluding hydrogens is 869 g/mol. The van der Waals surface area contributed by atoms with Crippen molar-refractivity contribution in [2.75, 3.05) is 63.3 Å². The van der Waals surface area contributed by atoms with E-state index in [2.05, 4.69) is 30.3 Å². The number of hydrogen-bond acceptors (Lipinski definition) is 11. The second-order valence-corrected chi connectivity index (χ2v) is 17.7. The zero-order valence-electron chi connectivity index (χ0n) is 37.3. The van der Waals surface area contributed by atoms with E-state index in [0.29, 0.717) is 81.6 Å². The molecule has 0 saturated carbocycles. The molecule has 66 heavy (non-hydrogen) atoms. The monoisotopic (exact) mass is 922 g/mol. The van der Waals surface area contributed by atoms with Crippen LogP contribution in [0.25, 0.3) is 22.4 Å². The zero-order chi connectivity index (χ0) is 47.5. The van der Waals surface area contributed by atoms with Gasteiger partial charge >= 0.3 is 12.5 Å². The van der Waals surface area contributed by atoms with Gasteiger partial charge in [0.1, 0.15) is 29.3 Å². The van der Waals surface area contributed by atoms with Crippen molar-refractivity contribution >= 4 is 35.3 Å². The number of H-pyrrole nitrogens is 1. The Morgan fingerprint density at radius 3 is 2.32 bits per heavy atom. The van der Waals surface area contributed by atoms with Crippen LogP contribution in [0, 0.1) is 23.1 Å². The van der Waals surface area contributed by atoms with E-state index >= 15 is 4.39 Å². The number of halogens is 4. The molecule has 4 aromatic rings. The van der Waals surface area contributed by atoms with Gasteiger partial charge in [0.25, 0.3) is 5.91 Å². The number of imidazole rings is 1. The third-order valence-corrected chi connectivity index (χ3v) is 12.4. The van der Waals surface area contributed by atoms with Crippen molar-refractivity contribution in [3.05, 3.63) is 78.1 Å². The maximum absolute atomic E-state index is 15.7. The van der Waals surface area contributed by atoms with E-state index in [9.17, 15) is 37.5 Å². The first-order chi connectivity index (χ1) is 31.3. The summed E-state index contributed by atoms with van der Waals surface area (Å²) in [6.45, 7) is 9.63. The molecule has 4 N–H and O–H groups in total. The molecule has 2 aromatic carbocycles. The molecular formula is C46H54F4N8O8. The standard InChI is InChI=1S/C46H54F4N8O8/c1-26-18-36(58(23-26)42(61)39(55-44(63)64-5)30-12-16-65-17-13-30)40-52-22-35(53-40)29-8-6-28(7-9-29)32-19-33(47)34(20-37(32)66-46(48,49)50)54-41(60)31-10-11-38(51-21-31)57-15-14-56(24-27(57)2)43(62)45(3,4)25-59/h6-11,19-22,26-27,30,36,39,59H,12-18,23-25H2,1-5H3,(H,52,53)(H,54,60)(H,55,63)/t26-,27+,36-,39-/m0/s1. The molecule has 2 aromatic heterocycles. The number of alkyl carbamates (subject to hydrolysis) is 1. The predicted octanol–water partition coefficient (Wildman–Crippen LogP) is 6.55. The molecule has 0 unspecified atom stereocenters. The van der Waals surface area contributed by atoms with Gasteiger partial charge in [-0.25, -0.2) is 19.2 Å². The lowest BCUT2D eigenvalue weighted by Crippen LogP contribution is -2.56. The minimum atomic E-state index is -5.15. The Hall–Kier alpha value is -6.28. The van der Waals surface area contributed by atoms with Crippen molar-refractivity contribution in [2.24, 2.45) is 17.3 Å². The van der Waals surface area contributed by atoms with Crippen molar-refractivity contribution in [2.45, 2.75) is 71.4 Å². The average Bonchev–Trinajstić information content (AvgIpc) is 3.95. The maximum atomic E-state index is 15.7. The molecule has 0 aliphatic carbocycles. The van der Waals surface area contributed by atoms with Crippen molar-refractivity contribution in [1.82, 2.24) is 30.1 Å². The fourth-order valence-electron chi connectivity index (χ4n) is 8.77. The SMILES string of the molecule is COC(=O)N[C@H](C(=O)N1C[C@@H](C)C[C@H]1c1ncc(-c2ccc(-c3cc(F)c(NC(=O)c4ccc(N5CCN(C(=O)C(C)(C)CO)C[C@H]5C)nc4)cc3OC(F)(F)F)cc2)[nH]1)C1CCOCC1. The number of piperazine rings is 1. The number of pyridine rings is 1. The number of amides is 4. The molecule has 0 spiro atoms. The van der Waals surface area contributed by atoms with E-state index in [-0.39, 0.29) is 53.0 Å². The van der Waals surface area contributed by atoms with E-state index in [4.69, 9.17) is 9.47 Å². The minimum absolute atomic E-state index is 0.0146. The number of hydrogen-bond donors (Lipinski definition) is 4. The van der Waals surface area contributed by atoms with Gasteiger partial charge in [0.15, 0.2) is 0 Å². The van der Waals surface area contributed by atoms with Crippen LogP contribution in [0.2, 0.25) is 0 Å². The summed E-state index contributed by atoms with van der Waals surface area (Å²) in [7, 11) is 1.24. The third kappa shape index (κ3) is 10.7. The van der Waals surface area contributed by atoms with E-state index in [0.717, 1.165) is 12.1 Å². The van der Waals surface area contributed by atoms with Crippen molar-refractivity contribution in [3.8, 4) is 28.1 Å². The molecule has 4 amide bonds. The summed E-state index contributed by atoms with van der Waals surface area (Å²) < 4.78 is 71.7. The summed E-state index contributed by atoms with van der Waals surface area (Å²) in [6.07, 6.45) is -1.20. The van der Waals surface area contributed by atoms with E-state index in [1.54, 1.807) is 48.0 Å². The van der Waals surface area contributed by atoms with Crippen LogP contribution >= 0.6 is 0 Å². The van der Waals surface area contributed by atoms with Crippen LogP contribution in [-0.4, -0.2) is 125 Å². The topological polar surface area (TPSA) is 192 Å². The fourth-order valence-corrected chi connectivity index (χ4v) is 8.77. The number of ether oxygens (including phenoxy) is 3. The lowest BCUT2D eigenvalue weighted by molar-refractivity contribution is -0.274. The van der Waals surface area contributed by atoms with Gasteiger partial charge in [0, 0.05) is 63.3 Å². The summed E-state index contributed by atoms with van der Waals surface area (Å²) in [5, 5.41) is 14.7. The van der Waals surface area contributed by atoms with Crippen molar-refractivity contribution in [1.29, 1.82) is 0 Å². The Morgan fingerprint density at radius 1 is 0.970 bits per heavy atom. The van der Waals surface area contributed by atoms with Crippen molar-refractivity contribution in [3.63, 3.8) is 0 Å². The number of benzene rings is 2. The normalized spacial score (nSPS) is 19.9. The van der Waals surface area contributed by atoms with Gasteiger partial charge in [0.05, 0.1) is 48.3 Å². The van der Waals surface area contributed by atoms with Crippen LogP contribution in [0.5, 0.6) is 5.75 Å². The van der Waals surface area contributed by atoms with Crippen LogP contribution < -0.4 is 20.3 Å². The number of aromatic amines is 1. The van der Waals surface area contributed by atoms with Crippen molar-refractivity contribution < 1.29 is 56.1 Å². The van der Waals surface area contributed by atoms with E-state index < -0.39 is 53.1 Å². The van der Waals surface area contributed by atoms with Crippen LogP contribution in [0.3, 0.4) is 0 Å². The highest BCUT2D eigenvalue weighted by Gasteiger charge is 2.42. The summed E-state index contributed by atoms with van der Waals surface area (Å²) in [4.78, 5) is 70.2. The number of likely N-dealkylation sites (tertiary alicyclic amines) is 1. The number of aliphatic hydroxyl groups excluding tert-OH is 1. The van der Waals surface area contributed by atoms with E-state index in [1.165, 1.54) is 31.5 Å². The molecule has 3 aliphatic rings. The first kappa shape index (κ1) is 47.7. The van der Waals surface area contributed by atoms with Gasteiger partial charge in [-0.15, -0.1) is 13.2 Å². The molecule has 5 heterocycles. The number of carbonyl (C=O) groups excluding carboxylic acids is 4. The van der Waals surface area contributed by atoms with Crippen LogP contribution in [0.15, 0.2) is 60.9 Å². The average molecular weight is 923 g/mol. The second kappa shape index (κ2) is 19.7. The first-order valence-corrected chi connectivity index (χ1v) is 21.8. The minimum Gasteiger partial charge on any atom is -0.453 e. The summed E-state index contributed by atoms with van der Waals surface area (Å²) in [5.41, 5.74) is -0.335. The number of nitrogens with zero attached hydrogens (tertiary/aromatic N) is 5. The number of aliphatic hydroxyl groups is 1. The molecule has 7 rings (SSSR count). The van der Waals surface area contributed by atoms with E-state index in [1.807, 2.05) is 18.7 Å². The highest BCUT2D eigenvalue weighted by Crippen LogP contribution is 2.40. The van der Waals surface area contributed by atoms with Gasteiger partial charge in [-0.1, -0.05) is 31.2 Å². The van der Waals surface area contributed by atoms with Crippen LogP contribution in [-0.2, 0) is 19.1 Å². The predicted molar refractivity (Wildman–Crippen MR) is 234 cm³/mol. The second-order valence-electron chi connectivity index (χ2n) is 17.7.